The number of rotatable bonds is 4. The van der Waals surface area contributed by atoms with Gasteiger partial charge in [0.1, 0.15) is 5.76 Å². The molecule has 19 heavy (non-hydrogen) atoms. The summed E-state index contributed by atoms with van der Waals surface area (Å²) in [6, 6.07) is 9.54. The smallest absolute Gasteiger partial charge is 0.238 e. The summed E-state index contributed by atoms with van der Waals surface area (Å²) < 4.78 is 5.92. The zero-order valence-electron chi connectivity index (χ0n) is 10.5. The molecule has 1 heterocycles. The molecule has 1 aromatic heterocycles. The molecule has 0 saturated carbocycles. The Labute approximate surface area is 124 Å². The van der Waals surface area contributed by atoms with Crippen LogP contribution in [0.5, 0.6) is 0 Å². The highest BCUT2D eigenvalue weighted by atomic mass is 79.9. The van der Waals surface area contributed by atoms with Crippen molar-refractivity contribution in [2.24, 2.45) is 0 Å². The third-order valence-electron chi connectivity index (χ3n) is 2.37. The minimum absolute atomic E-state index is 0.0961. The molecule has 2 aromatic rings. The molecule has 1 N–H and O–H groups in total. The molecule has 1 amide bonds. The Morgan fingerprint density at radius 1 is 1.42 bits per heavy atom. The van der Waals surface area contributed by atoms with Crippen LogP contribution in [0.3, 0.4) is 0 Å². The minimum Gasteiger partial charge on any atom is -0.360 e. The van der Waals surface area contributed by atoms with E-state index < -0.39 is 0 Å². The summed E-state index contributed by atoms with van der Waals surface area (Å²) in [5, 5.41) is 6.24. The van der Waals surface area contributed by atoms with Gasteiger partial charge in [-0.2, -0.15) is 0 Å². The van der Waals surface area contributed by atoms with E-state index in [1.165, 1.54) is 11.8 Å². The van der Waals surface area contributed by atoms with E-state index in [-0.39, 0.29) is 11.2 Å². The molecule has 100 valence electrons. The zero-order valence-corrected chi connectivity index (χ0v) is 12.9. The molecule has 0 fully saturated rings. The SMILES string of the molecule is Cc1cc(NC(=O)[C@H](C)Sc2ccc(Br)cc2)no1. The fraction of sp³-hybridized carbons (Fsp3) is 0.231. The number of amides is 1. The number of aromatic nitrogens is 1. The Morgan fingerprint density at radius 3 is 2.68 bits per heavy atom. The topological polar surface area (TPSA) is 55.1 Å². The number of anilines is 1. The highest BCUT2D eigenvalue weighted by Crippen LogP contribution is 2.25. The molecule has 0 spiro atoms. The highest BCUT2D eigenvalue weighted by Gasteiger charge is 2.15. The van der Waals surface area contributed by atoms with Crippen LogP contribution in [0, 0.1) is 6.92 Å². The van der Waals surface area contributed by atoms with Gasteiger partial charge in [-0.15, -0.1) is 11.8 Å². The number of carbonyl (C=O) groups is 1. The van der Waals surface area contributed by atoms with E-state index in [9.17, 15) is 4.79 Å². The first-order valence-corrected chi connectivity index (χ1v) is 7.38. The first-order valence-electron chi connectivity index (χ1n) is 5.71. The number of hydrogen-bond donors (Lipinski definition) is 1. The molecular formula is C13H13BrN2O2S. The molecule has 0 bridgehead atoms. The highest BCUT2D eigenvalue weighted by molar-refractivity contribution is 9.10. The van der Waals surface area contributed by atoms with Crippen molar-refractivity contribution >= 4 is 39.4 Å². The van der Waals surface area contributed by atoms with Crippen LogP contribution < -0.4 is 5.32 Å². The first-order chi connectivity index (χ1) is 9.04. The van der Waals surface area contributed by atoms with Gasteiger partial charge in [-0.05, 0) is 38.1 Å². The monoisotopic (exact) mass is 340 g/mol. The van der Waals surface area contributed by atoms with Gasteiger partial charge in [0.2, 0.25) is 5.91 Å². The fourth-order valence-corrected chi connectivity index (χ4v) is 2.56. The number of benzene rings is 1. The average molecular weight is 341 g/mol. The van der Waals surface area contributed by atoms with Crippen LogP contribution in [-0.2, 0) is 4.79 Å². The van der Waals surface area contributed by atoms with Crippen LogP contribution in [0.15, 0.2) is 44.2 Å². The van der Waals surface area contributed by atoms with Crippen molar-refractivity contribution < 1.29 is 9.32 Å². The van der Waals surface area contributed by atoms with Crippen molar-refractivity contribution in [2.45, 2.75) is 24.0 Å². The Bertz CT molecular complexity index is 568. The molecule has 0 aliphatic carbocycles. The molecule has 0 unspecified atom stereocenters. The molecule has 1 aromatic carbocycles. The second-order valence-corrected chi connectivity index (χ2v) is 6.36. The maximum atomic E-state index is 12.0. The van der Waals surface area contributed by atoms with Gasteiger partial charge in [-0.25, -0.2) is 0 Å². The summed E-state index contributed by atoms with van der Waals surface area (Å²) in [6.07, 6.45) is 0. The van der Waals surface area contributed by atoms with E-state index in [1.54, 1.807) is 13.0 Å². The molecule has 0 aliphatic rings. The van der Waals surface area contributed by atoms with E-state index in [1.807, 2.05) is 31.2 Å². The van der Waals surface area contributed by atoms with E-state index in [0.29, 0.717) is 11.6 Å². The lowest BCUT2D eigenvalue weighted by Crippen LogP contribution is -2.22. The fourth-order valence-electron chi connectivity index (χ4n) is 1.42. The summed E-state index contributed by atoms with van der Waals surface area (Å²) in [7, 11) is 0. The number of thioether (sulfide) groups is 1. The molecule has 0 aliphatic heterocycles. The van der Waals surface area contributed by atoms with E-state index in [4.69, 9.17) is 4.52 Å². The van der Waals surface area contributed by atoms with E-state index in [2.05, 4.69) is 26.4 Å². The number of halogens is 1. The lowest BCUT2D eigenvalue weighted by molar-refractivity contribution is -0.115. The van der Waals surface area contributed by atoms with Gasteiger partial charge in [0.05, 0.1) is 5.25 Å². The predicted molar refractivity (Wildman–Crippen MR) is 79.3 cm³/mol. The number of carbonyl (C=O) groups excluding carboxylic acids is 1. The third kappa shape index (κ3) is 4.11. The van der Waals surface area contributed by atoms with Gasteiger partial charge in [-0.1, -0.05) is 21.1 Å². The van der Waals surface area contributed by atoms with Crippen LogP contribution in [0.1, 0.15) is 12.7 Å². The molecule has 6 heteroatoms. The third-order valence-corrected chi connectivity index (χ3v) is 4.02. The Kier molecular flexibility index (Phi) is 4.66. The van der Waals surface area contributed by atoms with Gasteiger partial charge in [0, 0.05) is 15.4 Å². The summed E-state index contributed by atoms with van der Waals surface area (Å²) in [6.45, 7) is 3.64. The number of aryl methyl sites for hydroxylation is 1. The summed E-state index contributed by atoms with van der Waals surface area (Å²) in [5.41, 5.74) is 0. The van der Waals surface area contributed by atoms with Crippen LogP contribution in [0.2, 0.25) is 0 Å². The first kappa shape index (κ1) is 14.1. The van der Waals surface area contributed by atoms with Gasteiger partial charge in [0.15, 0.2) is 5.82 Å². The molecule has 1 atom stereocenters. The normalized spacial score (nSPS) is 12.2. The van der Waals surface area contributed by atoms with Crippen LogP contribution >= 0.6 is 27.7 Å². The van der Waals surface area contributed by atoms with Crippen molar-refractivity contribution in [1.82, 2.24) is 5.16 Å². The summed E-state index contributed by atoms with van der Waals surface area (Å²) in [5.74, 6) is 1.02. The Morgan fingerprint density at radius 2 is 2.11 bits per heavy atom. The van der Waals surface area contributed by atoms with Crippen LogP contribution in [-0.4, -0.2) is 16.3 Å². The summed E-state index contributed by atoms with van der Waals surface area (Å²) in [4.78, 5) is 13.0. The maximum Gasteiger partial charge on any atom is 0.238 e. The van der Waals surface area contributed by atoms with Crippen molar-refractivity contribution in [3.05, 3.63) is 40.6 Å². The van der Waals surface area contributed by atoms with Gasteiger partial charge >= 0.3 is 0 Å². The van der Waals surface area contributed by atoms with E-state index >= 15 is 0 Å². The molecule has 2 rings (SSSR count). The van der Waals surface area contributed by atoms with Crippen molar-refractivity contribution in [3.8, 4) is 0 Å². The quantitative estimate of drug-likeness (QED) is 0.858. The lowest BCUT2D eigenvalue weighted by atomic mass is 10.4. The number of nitrogens with zero attached hydrogens (tertiary/aromatic N) is 1. The number of hydrogen-bond acceptors (Lipinski definition) is 4. The van der Waals surface area contributed by atoms with Gasteiger partial charge in [-0.3, -0.25) is 4.79 Å². The van der Waals surface area contributed by atoms with Crippen molar-refractivity contribution in [1.29, 1.82) is 0 Å². The zero-order chi connectivity index (χ0) is 13.8. The molecule has 0 saturated heterocycles. The lowest BCUT2D eigenvalue weighted by Gasteiger charge is -2.10. The second kappa shape index (κ2) is 6.25. The summed E-state index contributed by atoms with van der Waals surface area (Å²) >= 11 is 4.88. The maximum absolute atomic E-state index is 12.0. The molecule has 4 nitrogen and oxygen atoms in total. The standard InChI is InChI=1S/C13H13BrN2O2S/c1-8-7-12(16-18-8)15-13(17)9(2)19-11-5-3-10(14)4-6-11/h3-7,9H,1-2H3,(H,15,16,17)/t9-/m0/s1. The van der Waals surface area contributed by atoms with E-state index in [0.717, 1.165) is 9.37 Å². The van der Waals surface area contributed by atoms with Crippen molar-refractivity contribution in [3.63, 3.8) is 0 Å². The number of nitrogens with one attached hydrogen (secondary N) is 1. The van der Waals surface area contributed by atoms with Crippen LogP contribution in [0.4, 0.5) is 5.82 Å². The Hall–Kier alpha value is -1.27. The Balaban J connectivity index is 1.94. The average Bonchev–Trinajstić information content (AvgIpc) is 2.77. The minimum atomic E-state index is -0.210. The van der Waals surface area contributed by atoms with Gasteiger partial charge in [0.25, 0.3) is 0 Å². The largest absolute Gasteiger partial charge is 0.360 e. The molecule has 0 radical (unpaired) electrons. The second-order valence-electron chi connectivity index (χ2n) is 4.03. The molecular weight excluding hydrogens is 328 g/mol. The van der Waals surface area contributed by atoms with Crippen LogP contribution in [0.25, 0.3) is 0 Å². The predicted octanol–water partition coefficient (Wildman–Crippen LogP) is 3.86. The van der Waals surface area contributed by atoms with Gasteiger partial charge < -0.3 is 9.84 Å². The van der Waals surface area contributed by atoms with Crippen molar-refractivity contribution in [2.75, 3.05) is 5.32 Å².